The maximum atomic E-state index is 5.98. The van der Waals surface area contributed by atoms with Gasteiger partial charge in [0.2, 0.25) is 0 Å². The van der Waals surface area contributed by atoms with Gasteiger partial charge in [0.25, 0.3) is 0 Å². The van der Waals surface area contributed by atoms with Gasteiger partial charge >= 0.3 is 0 Å². The normalized spacial score (nSPS) is 13.3. The molecule has 29 heavy (non-hydrogen) atoms. The molecule has 2 aromatic rings. The Labute approximate surface area is 190 Å². The van der Waals surface area contributed by atoms with Crippen LogP contribution in [0.25, 0.3) is 0 Å². The van der Waals surface area contributed by atoms with Crippen molar-refractivity contribution in [2.45, 2.75) is 25.9 Å². The second-order valence-corrected chi connectivity index (χ2v) is 6.79. The van der Waals surface area contributed by atoms with Gasteiger partial charge in [0, 0.05) is 31.3 Å². The number of hydrogen-bond donors (Lipinski definition) is 2. The predicted molar refractivity (Wildman–Crippen MR) is 127 cm³/mol. The molecule has 6 nitrogen and oxygen atoms in total. The zero-order chi connectivity index (χ0) is 19.8. The number of nitrogens with zero attached hydrogens (tertiary/aromatic N) is 1. The summed E-state index contributed by atoms with van der Waals surface area (Å²) < 4.78 is 16.8. The van der Waals surface area contributed by atoms with Gasteiger partial charge in [0.05, 0.1) is 20.8 Å². The molecule has 1 saturated carbocycles. The Bertz CT molecular complexity index is 810. The zero-order valence-corrected chi connectivity index (χ0v) is 19.6. The molecule has 3 rings (SSSR count). The third kappa shape index (κ3) is 6.69. The van der Waals surface area contributed by atoms with Crippen LogP contribution in [0.2, 0.25) is 0 Å². The lowest BCUT2D eigenvalue weighted by molar-refractivity contribution is 0.296. The maximum Gasteiger partial charge on any atom is 0.191 e. The summed E-state index contributed by atoms with van der Waals surface area (Å²) in [4.78, 5) is 4.31. The van der Waals surface area contributed by atoms with Crippen LogP contribution in [0.3, 0.4) is 0 Å². The summed E-state index contributed by atoms with van der Waals surface area (Å²) >= 11 is 0. The van der Waals surface area contributed by atoms with Gasteiger partial charge in [0.1, 0.15) is 5.75 Å². The van der Waals surface area contributed by atoms with Gasteiger partial charge in [-0.1, -0.05) is 30.3 Å². The lowest BCUT2D eigenvalue weighted by Gasteiger charge is -2.16. The van der Waals surface area contributed by atoms with Gasteiger partial charge in [-0.2, -0.15) is 0 Å². The Morgan fingerprint density at radius 1 is 0.931 bits per heavy atom. The number of benzene rings is 2. The molecular weight excluding hydrogens is 481 g/mol. The first-order valence-electron chi connectivity index (χ1n) is 9.60. The van der Waals surface area contributed by atoms with Crippen LogP contribution in [0.1, 0.15) is 24.0 Å². The molecule has 7 heteroatoms. The van der Waals surface area contributed by atoms with Gasteiger partial charge < -0.3 is 24.8 Å². The van der Waals surface area contributed by atoms with E-state index >= 15 is 0 Å². The highest BCUT2D eigenvalue weighted by molar-refractivity contribution is 14.0. The van der Waals surface area contributed by atoms with Gasteiger partial charge in [-0.15, -0.1) is 24.0 Å². The van der Waals surface area contributed by atoms with Crippen LogP contribution < -0.4 is 24.8 Å². The van der Waals surface area contributed by atoms with Gasteiger partial charge in [0.15, 0.2) is 17.5 Å². The highest BCUT2D eigenvalue weighted by Gasteiger charge is 2.22. The molecular formula is C22H30IN3O3. The number of nitrogens with one attached hydrogen (secondary N) is 2. The lowest BCUT2D eigenvalue weighted by atomic mass is 10.2. The minimum Gasteiger partial charge on any atom is -0.493 e. The van der Waals surface area contributed by atoms with Crippen LogP contribution in [0, 0.1) is 5.92 Å². The molecule has 1 aliphatic carbocycles. The second kappa shape index (κ2) is 11.7. The fourth-order valence-electron chi connectivity index (χ4n) is 2.95. The number of halogens is 1. The van der Waals surface area contributed by atoms with E-state index in [0.717, 1.165) is 35.2 Å². The summed E-state index contributed by atoms with van der Waals surface area (Å²) in [6.07, 6.45) is 2.56. The lowest BCUT2D eigenvalue weighted by Crippen LogP contribution is -2.36. The van der Waals surface area contributed by atoms with Crippen molar-refractivity contribution in [3.63, 3.8) is 0 Å². The van der Waals surface area contributed by atoms with Crippen molar-refractivity contribution in [2.75, 3.05) is 27.9 Å². The van der Waals surface area contributed by atoms with E-state index in [0.29, 0.717) is 24.8 Å². The summed E-state index contributed by atoms with van der Waals surface area (Å²) in [7, 11) is 5.04. The maximum absolute atomic E-state index is 5.98. The van der Waals surface area contributed by atoms with E-state index in [-0.39, 0.29) is 24.0 Å². The van der Waals surface area contributed by atoms with Crippen LogP contribution >= 0.6 is 24.0 Å². The highest BCUT2D eigenvalue weighted by Crippen LogP contribution is 2.31. The molecule has 0 heterocycles. The molecule has 0 atom stereocenters. The third-order valence-electron chi connectivity index (χ3n) is 4.74. The summed E-state index contributed by atoms with van der Waals surface area (Å²) in [6, 6.07) is 14.0. The molecule has 0 unspecified atom stereocenters. The largest absolute Gasteiger partial charge is 0.493 e. The molecule has 2 aromatic carbocycles. The van der Waals surface area contributed by atoms with Crippen molar-refractivity contribution in [1.29, 1.82) is 0 Å². The van der Waals surface area contributed by atoms with Crippen LogP contribution in [-0.4, -0.2) is 33.8 Å². The van der Waals surface area contributed by atoms with E-state index < -0.39 is 0 Å². The highest BCUT2D eigenvalue weighted by atomic mass is 127. The Kier molecular flexibility index (Phi) is 9.37. The molecule has 0 radical (unpaired) electrons. The van der Waals surface area contributed by atoms with Crippen molar-refractivity contribution in [2.24, 2.45) is 10.9 Å². The molecule has 158 valence electrons. The topological polar surface area (TPSA) is 64.1 Å². The van der Waals surface area contributed by atoms with E-state index in [2.05, 4.69) is 21.7 Å². The summed E-state index contributed by atoms with van der Waals surface area (Å²) in [6.45, 7) is 2.01. The van der Waals surface area contributed by atoms with Gasteiger partial charge in [-0.05, 0) is 30.9 Å². The monoisotopic (exact) mass is 511 g/mol. The Morgan fingerprint density at radius 3 is 2.24 bits per heavy atom. The molecule has 2 N–H and O–H groups in total. The number of methoxy groups -OCH3 is 2. The van der Waals surface area contributed by atoms with Crippen LogP contribution in [0.5, 0.6) is 17.2 Å². The van der Waals surface area contributed by atoms with Crippen LogP contribution in [0.4, 0.5) is 0 Å². The third-order valence-corrected chi connectivity index (χ3v) is 4.74. The Morgan fingerprint density at radius 2 is 1.59 bits per heavy atom. The predicted octanol–water partition coefficient (Wildman–Crippen LogP) is 3.98. The fraction of sp³-hybridized carbons (Fsp3) is 0.409. The molecule has 0 saturated heterocycles. The summed E-state index contributed by atoms with van der Waals surface area (Å²) in [5.74, 6) is 3.82. The van der Waals surface area contributed by atoms with Crippen molar-refractivity contribution >= 4 is 29.9 Å². The number of para-hydroxylation sites is 2. The number of rotatable bonds is 9. The van der Waals surface area contributed by atoms with E-state index in [9.17, 15) is 0 Å². The molecule has 0 spiro atoms. The van der Waals surface area contributed by atoms with E-state index in [1.54, 1.807) is 21.3 Å². The van der Waals surface area contributed by atoms with E-state index in [4.69, 9.17) is 14.2 Å². The average Bonchev–Trinajstić information content (AvgIpc) is 3.57. The first-order chi connectivity index (χ1) is 13.7. The first kappa shape index (κ1) is 23.1. The van der Waals surface area contributed by atoms with E-state index in [1.165, 1.54) is 12.8 Å². The van der Waals surface area contributed by atoms with Crippen molar-refractivity contribution in [1.82, 2.24) is 10.6 Å². The Balaban J connectivity index is 0.00000300. The average molecular weight is 511 g/mol. The number of hydrogen-bond acceptors (Lipinski definition) is 4. The smallest absolute Gasteiger partial charge is 0.191 e. The van der Waals surface area contributed by atoms with Crippen molar-refractivity contribution < 1.29 is 14.2 Å². The summed E-state index contributed by atoms with van der Waals surface area (Å²) in [5.41, 5.74) is 2.11. The number of guanidine groups is 1. The number of aliphatic imine (C=N–C) groups is 1. The summed E-state index contributed by atoms with van der Waals surface area (Å²) in [5, 5.41) is 6.68. The zero-order valence-electron chi connectivity index (χ0n) is 17.2. The molecule has 0 bridgehead atoms. The first-order valence-corrected chi connectivity index (χ1v) is 9.60. The van der Waals surface area contributed by atoms with Crippen molar-refractivity contribution in [3.8, 4) is 17.2 Å². The molecule has 1 fully saturated rings. The standard InChI is InChI=1S/C22H29N3O3.HI/c1-23-22(25-14-18-8-6-10-20(26-2)21(18)27-3)24-13-17-7-4-5-9-19(17)28-15-16-11-12-16;/h4-10,16H,11-15H2,1-3H3,(H2,23,24,25);1H. The second-order valence-electron chi connectivity index (χ2n) is 6.79. The van der Waals surface area contributed by atoms with Gasteiger partial charge in [-0.3, -0.25) is 4.99 Å². The van der Waals surface area contributed by atoms with E-state index in [1.807, 2.05) is 36.4 Å². The Hall–Kier alpha value is -2.16. The molecule has 0 amide bonds. The quantitative estimate of drug-likeness (QED) is 0.303. The SMILES string of the molecule is CN=C(NCc1ccccc1OCC1CC1)NCc1cccc(OC)c1OC.I. The molecule has 1 aliphatic rings. The minimum absolute atomic E-state index is 0. The van der Waals surface area contributed by atoms with Crippen molar-refractivity contribution in [3.05, 3.63) is 53.6 Å². The number of ether oxygens (including phenoxy) is 3. The minimum atomic E-state index is 0. The molecule has 0 aliphatic heterocycles. The van der Waals surface area contributed by atoms with Gasteiger partial charge in [-0.25, -0.2) is 0 Å². The molecule has 0 aromatic heterocycles. The van der Waals surface area contributed by atoms with Crippen LogP contribution in [0.15, 0.2) is 47.5 Å². The van der Waals surface area contributed by atoms with Crippen LogP contribution in [-0.2, 0) is 13.1 Å². The fourth-order valence-corrected chi connectivity index (χ4v) is 2.95.